The fraction of sp³-hybridized carbons (Fsp3) is 0.0667. The molecular formula is C15H11N3O2S. The molecule has 0 spiro atoms. The predicted octanol–water partition coefficient (Wildman–Crippen LogP) is 4.10. The highest BCUT2D eigenvalue weighted by molar-refractivity contribution is 7.19. The molecule has 0 atom stereocenters. The second kappa shape index (κ2) is 4.46. The smallest absolute Gasteiger partial charge is 0.268 e. The number of fused-ring (bicyclic) bond motifs is 1. The highest BCUT2D eigenvalue weighted by atomic mass is 32.1. The van der Waals surface area contributed by atoms with Gasteiger partial charge in [0, 0.05) is 5.39 Å². The number of nitrogens with two attached hydrogens (primary N) is 1. The molecule has 0 bridgehead atoms. The number of nitrogens with zero attached hydrogens (tertiary/aromatic N) is 2. The van der Waals surface area contributed by atoms with E-state index in [0.717, 1.165) is 32.0 Å². The van der Waals surface area contributed by atoms with Crippen LogP contribution in [0, 0.1) is 6.92 Å². The van der Waals surface area contributed by atoms with E-state index in [0.29, 0.717) is 11.7 Å². The topological polar surface area (TPSA) is 78.1 Å². The number of aromatic nitrogens is 2. The van der Waals surface area contributed by atoms with Gasteiger partial charge in [-0.05, 0) is 24.6 Å². The number of nitrogen functional groups attached to an aromatic ring is 1. The van der Waals surface area contributed by atoms with Crippen LogP contribution in [0.4, 0.5) is 5.00 Å². The standard InChI is InChI=1S/C15H11N3O2S/c1-8-6-12(16)21-13(8)15-17-14(18-20-15)10-7-19-11-5-3-2-4-9(10)11/h2-7H,16H2,1H3. The first-order valence-corrected chi connectivity index (χ1v) is 7.20. The van der Waals surface area contributed by atoms with Gasteiger partial charge in [-0.25, -0.2) is 0 Å². The molecular weight excluding hydrogens is 286 g/mol. The van der Waals surface area contributed by atoms with Crippen LogP contribution in [0.2, 0.25) is 0 Å². The predicted molar refractivity (Wildman–Crippen MR) is 82.0 cm³/mol. The van der Waals surface area contributed by atoms with E-state index < -0.39 is 0 Å². The lowest BCUT2D eigenvalue weighted by atomic mass is 10.2. The molecule has 0 saturated carbocycles. The summed E-state index contributed by atoms with van der Waals surface area (Å²) in [5, 5.41) is 5.75. The maximum atomic E-state index is 5.81. The highest BCUT2D eigenvalue weighted by Gasteiger charge is 2.17. The van der Waals surface area contributed by atoms with Gasteiger partial charge in [0.25, 0.3) is 5.89 Å². The minimum atomic E-state index is 0.481. The Morgan fingerprint density at radius 3 is 2.90 bits per heavy atom. The van der Waals surface area contributed by atoms with Crippen molar-refractivity contribution in [3.63, 3.8) is 0 Å². The molecule has 4 rings (SSSR count). The molecule has 0 amide bonds. The number of anilines is 1. The molecule has 0 aliphatic rings. The SMILES string of the molecule is Cc1cc(N)sc1-c1nc(-c2coc3ccccc23)no1. The average molecular weight is 297 g/mol. The Balaban J connectivity index is 1.83. The van der Waals surface area contributed by atoms with Crippen LogP contribution in [0.15, 0.2) is 45.5 Å². The van der Waals surface area contributed by atoms with Crippen molar-refractivity contribution in [2.45, 2.75) is 6.92 Å². The summed E-state index contributed by atoms with van der Waals surface area (Å²) in [4.78, 5) is 5.37. The summed E-state index contributed by atoms with van der Waals surface area (Å²) in [6, 6.07) is 9.65. The third kappa shape index (κ3) is 1.92. The van der Waals surface area contributed by atoms with Crippen molar-refractivity contribution in [3.05, 3.63) is 42.2 Å². The lowest BCUT2D eigenvalue weighted by molar-refractivity contribution is 0.433. The maximum Gasteiger partial charge on any atom is 0.268 e. The lowest BCUT2D eigenvalue weighted by Crippen LogP contribution is -1.79. The van der Waals surface area contributed by atoms with Gasteiger partial charge < -0.3 is 14.7 Å². The van der Waals surface area contributed by atoms with Crippen LogP contribution in [0.5, 0.6) is 0 Å². The Morgan fingerprint density at radius 2 is 2.10 bits per heavy atom. The zero-order valence-electron chi connectivity index (χ0n) is 11.2. The van der Waals surface area contributed by atoms with Gasteiger partial charge in [0.2, 0.25) is 5.82 Å². The molecule has 0 aliphatic heterocycles. The van der Waals surface area contributed by atoms with Crippen LogP contribution in [-0.2, 0) is 0 Å². The molecule has 104 valence electrons. The average Bonchev–Trinajstić information content (AvgIpc) is 3.16. The van der Waals surface area contributed by atoms with E-state index in [1.165, 1.54) is 11.3 Å². The Hall–Kier alpha value is -2.60. The van der Waals surface area contributed by atoms with E-state index in [9.17, 15) is 0 Å². The molecule has 5 nitrogen and oxygen atoms in total. The van der Waals surface area contributed by atoms with Crippen LogP contribution in [0.3, 0.4) is 0 Å². The van der Waals surface area contributed by atoms with Crippen LogP contribution in [0.25, 0.3) is 33.1 Å². The van der Waals surface area contributed by atoms with E-state index in [1.54, 1.807) is 6.26 Å². The van der Waals surface area contributed by atoms with Crippen molar-refractivity contribution in [3.8, 4) is 22.2 Å². The van der Waals surface area contributed by atoms with Gasteiger partial charge in [0.15, 0.2) is 0 Å². The summed E-state index contributed by atoms with van der Waals surface area (Å²) in [6.45, 7) is 1.97. The monoisotopic (exact) mass is 297 g/mol. The number of rotatable bonds is 2. The van der Waals surface area contributed by atoms with Crippen LogP contribution < -0.4 is 5.73 Å². The van der Waals surface area contributed by atoms with Crippen molar-refractivity contribution in [1.82, 2.24) is 10.1 Å². The first-order chi connectivity index (χ1) is 10.2. The summed E-state index contributed by atoms with van der Waals surface area (Å²) in [6.07, 6.45) is 1.65. The summed E-state index contributed by atoms with van der Waals surface area (Å²) in [5.74, 6) is 0.996. The van der Waals surface area contributed by atoms with Crippen LogP contribution in [0.1, 0.15) is 5.56 Å². The molecule has 21 heavy (non-hydrogen) atoms. The zero-order valence-corrected chi connectivity index (χ0v) is 12.0. The summed E-state index contributed by atoms with van der Waals surface area (Å²) < 4.78 is 10.9. The van der Waals surface area contributed by atoms with E-state index in [1.807, 2.05) is 37.3 Å². The Labute approximate surface area is 124 Å². The van der Waals surface area contributed by atoms with E-state index in [-0.39, 0.29) is 0 Å². The van der Waals surface area contributed by atoms with Crippen molar-refractivity contribution >= 4 is 27.3 Å². The van der Waals surface area contributed by atoms with Gasteiger partial charge in [0.05, 0.1) is 15.4 Å². The molecule has 6 heteroatoms. The number of thiophene rings is 1. The van der Waals surface area contributed by atoms with Crippen molar-refractivity contribution in [2.75, 3.05) is 5.73 Å². The number of para-hydroxylation sites is 1. The molecule has 0 fully saturated rings. The Kier molecular flexibility index (Phi) is 2.58. The van der Waals surface area contributed by atoms with Gasteiger partial charge in [-0.1, -0.05) is 23.4 Å². The Bertz CT molecular complexity index is 935. The van der Waals surface area contributed by atoms with Crippen molar-refractivity contribution in [1.29, 1.82) is 0 Å². The molecule has 0 aliphatic carbocycles. The van der Waals surface area contributed by atoms with E-state index in [2.05, 4.69) is 10.1 Å². The summed E-state index contributed by atoms with van der Waals surface area (Å²) in [5.41, 5.74) is 8.46. The first kappa shape index (κ1) is 12.2. The maximum absolute atomic E-state index is 5.81. The minimum Gasteiger partial charge on any atom is -0.464 e. The fourth-order valence-electron chi connectivity index (χ4n) is 2.30. The minimum absolute atomic E-state index is 0.481. The Morgan fingerprint density at radius 1 is 1.24 bits per heavy atom. The number of aryl methyl sites for hydroxylation is 1. The van der Waals surface area contributed by atoms with E-state index in [4.69, 9.17) is 14.7 Å². The van der Waals surface area contributed by atoms with Crippen molar-refractivity contribution in [2.24, 2.45) is 0 Å². The van der Waals surface area contributed by atoms with Gasteiger partial charge in [-0.3, -0.25) is 0 Å². The van der Waals surface area contributed by atoms with Gasteiger partial charge in [-0.2, -0.15) is 4.98 Å². The summed E-state index contributed by atoms with van der Waals surface area (Å²) >= 11 is 1.44. The first-order valence-electron chi connectivity index (χ1n) is 6.39. The number of furan rings is 1. The zero-order chi connectivity index (χ0) is 14.4. The van der Waals surface area contributed by atoms with Crippen LogP contribution >= 0.6 is 11.3 Å². The third-order valence-electron chi connectivity index (χ3n) is 3.28. The number of hydrogen-bond acceptors (Lipinski definition) is 6. The number of benzene rings is 1. The van der Waals surface area contributed by atoms with Gasteiger partial charge in [-0.15, -0.1) is 11.3 Å². The van der Waals surface area contributed by atoms with Gasteiger partial charge in [0.1, 0.15) is 11.8 Å². The second-order valence-corrected chi connectivity index (χ2v) is 5.81. The third-order valence-corrected chi connectivity index (χ3v) is 4.33. The largest absolute Gasteiger partial charge is 0.464 e. The molecule has 0 radical (unpaired) electrons. The molecule has 3 heterocycles. The normalized spacial score (nSPS) is 11.3. The van der Waals surface area contributed by atoms with E-state index >= 15 is 0 Å². The molecule has 2 N–H and O–H groups in total. The molecule has 4 aromatic rings. The van der Waals surface area contributed by atoms with Crippen molar-refractivity contribution < 1.29 is 8.94 Å². The summed E-state index contributed by atoms with van der Waals surface area (Å²) in [7, 11) is 0. The number of hydrogen-bond donors (Lipinski definition) is 1. The molecule has 0 unspecified atom stereocenters. The quantitative estimate of drug-likeness (QED) is 0.602. The second-order valence-electron chi connectivity index (χ2n) is 4.73. The van der Waals surface area contributed by atoms with Gasteiger partial charge >= 0.3 is 0 Å². The molecule has 3 aromatic heterocycles. The molecule has 0 saturated heterocycles. The fourth-order valence-corrected chi connectivity index (χ4v) is 3.16. The molecule has 1 aromatic carbocycles. The highest BCUT2D eigenvalue weighted by Crippen LogP contribution is 2.35. The lowest BCUT2D eigenvalue weighted by Gasteiger charge is -1.90. The van der Waals surface area contributed by atoms with Crippen LogP contribution in [-0.4, -0.2) is 10.1 Å².